The normalized spacial score (nSPS) is 15.4. The van der Waals surface area contributed by atoms with Crippen LogP contribution in [0, 0.1) is 0 Å². The molecule has 118 valence electrons. The number of benzene rings is 1. The first-order chi connectivity index (χ1) is 9.75. The summed E-state index contributed by atoms with van der Waals surface area (Å²) in [5.74, 6) is 0.185. The van der Waals surface area contributed by atoms with Crippen molar-refractivity contribution in [3.05, 3.63) is 34.9 Å². The van der Waals surface area contributed by atoms with Crippen LogP contribution >= 0.6 is 11.6 Å². The van der Waals surface area contributed by atoms with Gasteiger partial charge in [-0.05, 0) is 36.0 Å². The van der Waals surface area contributed by atoms with Gasteiger partial charge in [-0.3, -0.25) is 0 Å². The molecule has 0 unspecified atom stereocenters. The molecule has 0 atom stereocenters. The largest absolute Gasteiger partial charge is 0.503 e. The molecule has 0 heterocycles. The van der Waals surface area contributed by atoms with Gasteiger partial charge in [-0.2, -0.15) is 13.2 Å². The summed E-state index contributed by atoms with van der Waals surface area (Å²) in [6.45, 7) is 0. The highest BCUT2D eigenvalue weighted by molar-refractivity contribution is 6.17. The maximum atomic E-state index is 13.0. The molecule has 1 aliphatic carbocycles. The molecule has 1 aromatic carbocycles. The molecule has 1 aromatic rings. The summed E-state index contributed by atoms with van der Waals surface area (Å²) < 4.78 is 38.9. The van der Waals surface area contributed by atoms with E-state index in [0.717, 1.165) is 25.7 Å². The first kappa shape index (κ1) is 17.6. The molecule has 1 saturated carbocycles. The van der Waals surface area contributed by atoms with E-state index in [4.69, 9.17) is 26.6 Å². The van der Waals surface area contributed by atoms with Gasteiger partial charge in [-0.25, -0.2) is 4.79 Å². The Morgan fingerprint density at radius 2 is 1.76 bits per heavy atom. The van der Waals surface area contributed by atoms with Crippen LogP contribution in [0.4, 0.5) is 18.0 Å². The van der Waals surface area contributed by atoms with Crippen LogP contribution in [0.5, 0.6) is 0 Å². The number of hydrogen-bond acceptors (Lipinski definition) is 1. The van der Waals surface area contributed by atoms with Crippen molar-refractivity contribution in [1.29, 1.82) is 0 Å². The zero-order chi connectivity index (χ0) is 16.0. The Kier molecular flexibility index (Phi) is 6.33. The second-order valence-corrected chi connectivity index (χ2v) is 5.08. The molecule has 21 heavy (non-hydrogen) atoms. The predicted molar refractivity (Wildman–Crippen MR) is 72.9 cm³/mol. The van der Waals surface area contributed by atoms with Crippen molar-refractivity contribution in [3.8, 4) is 0 Å². The highest BCUT2D eigenvalue weighted by Crippen LogP contribution is 2.41. The van der Waals surface area contributed by atoms with Crippen LogP contribution in [0.3, 0.4) is 0 Å². The highest BCUT2D eigenvalue weighted by Gasteiger charge is 2.35. The van der Waals surface area contributed by atoms with E-state index in [0.29, 0.717) is 11.1 Å². The molecular formula is C14H16ClF3O3. The van der Waals surface area contributed by atoms with Crippen LogP contribution < -0.4 is 0 Å². The fraction of sp³-hybridized carbons (Fsp3) is 0.500. The smallest absolute Gasteiger partial charge is 0.450 e. The Labute approximate surface area is 125 Å². The van der Waals surface area contributed by atoms with Crippen LogP contribution in [0.15, 0.2) is 18.2 Å². The van der Waals surface area contributed by atoms with Gasteiger partial charge in [0, 0.05) is 5.88 Å². The van der Waals surface area contributed by atoms with Crippen LogP contribution in [-0.4, -0.2) is 16.4 Å². The molecule has 0 aliphatic heterocycles. The molecule has 0 spiro atoms. The van der Waals surface area contributed by atoms with E-state index < -0.39 is 17.9 Å². The zero-order valence-electron chi connectivity index (χ0n) is 11.2. The summed E-state index contributed by atoms with van der Waals surface area (Å²) in [6, 6.07) is 4.51. The fourth-order valence-corrected chi connectivity index (χ4v) is 2.69. The summed E-state index contributed by atoms with van der Waals surface area (Å²) in [4.78, 5) is 8.56. The maximum Gasteiger partial charge on any atom is 0.503 e. The number of alkyl halides is 4. The van der Waals surface area contributed by atoms with E-state index in [1.165, 1.54) is 6.07 Å². The first-order valence-electron chi connectivity index (χ1n) is 6.43. The molecule has 2 N–H and O–H groups in total. The average Bonchev–Trinajstić information content (AvgIpc) is 2.90. The lowest BCUT2D eigenvalue weighted by molar-refractivity contribution is -0.138. The minimum atomic E-state index is -4.28. The Morgan fingerprint density at radius 1 is 1.24 bits per heavy atom. The molecule has 1 aliphatic rings. The standard InChI is InChI=1S/C13H14ClF3.CH2O3/c14-8-9-5-6-11(10-3-1-2-4-10)12(7-9)13(15,16)17;2-1(3)4/h5-7,10H,1-4,8H2;(H2,2,3,4). The van der Waals surface area contributed by atoms with Gasteiger partial charge in [0.05, 0.1) is 5.56 Å². The number of halogens is 4. The van der Waals surface area contributed by atoms with Crippen molar-refractivity contribution < 1.29 is 28.2 Å². The van der Waals surface area contributed by atoms with Gasteiger partial charge in [0.2, 0.25) is 0 Å². The van der Waals surface area contributed by atoms with Crippen molar-refractivity contribution in [3.63, 3.8) is 0 Å². The van der Waals surface area contributed by atoms with Crippen molar-refractivity contribution >= 4 is 17.8 Å². The van der Waals surface area contributed by atoms with Gasteiger partial charge < -0.3 is 10.2 Å². The second-order valence-electron chi connectivity index (χ2n) is 4.82. The molecule has 0 radical (unpaired) electrons. The molecule has 3 nitrogen and oxygen atoms in total. The van der Waals surface area contributed by atoms with Gasteiger partial charge in [-0.15, -0.1) is 11.6 Å². The molecule has 0 aromatic heterocycles. The second kappa shape index (κ2) is 7.54. The summed E-state index contributed by atoms with van der Waals surface area (Å²) in [7, 11) is 0. The zero-order valence-corrected chi connectivity index (χ0v) is 11.9. The van der Waals surface area contributed by atoms with Gasteiger partial charge in [0.15, 0.2) is 0 Å². The van der Waals surface area contributed by atoms with Crippen LogP contribution in [-0.2, 0) is 12.1 Å². The fourth-order valence-electron chi connectivity index (χ4n) is 2.52. The molecule has 0 amide bonds. The summed E-state index contributed by atoms with van der Waals surface area (Å²) >= 11 is 5.59. The van der Waals surface area contributed by atoms with E-state index in [1.54, 1.807) is 12.1 Å². The Hall–Kier alpha value is -1.43. The van der Waals surface area contributed by atoms with E-state index in [1.807, 2.05) is 0 Å². The van der Waals surface area contributed by atoms with Crippen LogP contribution in [0.1, 0.15) is 48.3 Å². The third-order valence-corrected chi connectivity index (χ3v) is 3.68. The lowest BCUT2D eigenvalue weighted by Crippen LogP contribution is -2.11. The van der Waals surface area contributed by atoms with E-state index in [9.17, 15) is 13.2 Å². The monoisotopic (exact) mass is 324 g/mol. The number of rotatable bonds is 2. The van der Waals surface area contributed by atoms with Gasteiger partial charge in [-0.1, -0.05) is 25.0 Å². The molecular weight excluding hydrogens is 309 g/mol. The molecule has 0 saturated heterocycles. The van der Waals surface area contributed by atoms with Gasteiger partial charge in [0.25, 0.3) is 0 Å². The maximum absolute atomic E-state index is 13.0. The van der Waals surface area contributed by atoms with E-state index >= 15 is 0 Å². The first-order valence-corrected chi connectivity index (χ1v) is 6.97. The molecule has 2 rings (SSSR count). The number of hydrogen-bond donors (Lipinski definition) is 2. The lowest BCUT2D eigenvalue weighted by atomic mass is 9.91. The highest BCUT2D eigenvalue weighted by atomic mass is 35.5. The summed E-state index contributed by atoms with van der Waals surface area (Å²) in [6.07, 6.45) is -2.33. The van der Waals surface area contributed by atoms with Crippen molar-refractivity contribution in [2.45, 2.75) is 43.7 Å². The van der Waals surface area contributed by atoms with Crippen molar-refractivity contribution in [2.24, 2.45) is 0 Å². The van der Waals surface area contributed by atoms with Crippen LogP contribution in [0.2, 0.25) is 0 Å². The van der Waals surface area contributed by atoms with Gasteiger partial charge >= 0.3 is 12.3 Å². The Balaban J connectivity index is 0.000000491. The average molecular weight is 325 g/mol. The number of carboxylic acid groups (broad SMARTS) is 2. The third kappa shape index (κ3) is 5.46. The third-order valence-electron chi connectivity index (χ3n) is 3.37. The predicted octanol–water partition coefficient (Wildman–Crippen LogP) is 5.32. The minimum Gasteiger partial charge on any atom is -0.450 e. The number of carbonyl (C=O) groups is 1. The molecule has 1 fully saturated rings. The van der Waals surface area contributed by atoms with Crippen molar-refractivity contribution in [2.75, 3.05) is 0 Å². The SMILES string of the molecule is FC(F)(F)c1cc(CCl)ccc1C1CCCC1.O=C(O)O. The van der Waals surface area contributed by atoms with E-state index in [2.05, 4.69) is 0 Å². The van der Waals surface area contributed by atoms with Crippen molar-refractivity contribution in [1.82, 2.24) is 0 Å². The topological polar surface area (TPSA) is 57.5 Å². The Bertz CT molecular complexity index is 479. The quantitative estimate of drug-likeness (QED) is 0.723. The van der Waals surface area contributed by atoms with Gasteiger partial charge in [0.1, 0.15) is 0 Å². The van der Waals surface area contributed by atoms with E-state index in [-0.39, 0.29) is 11.8 Å². The molecule has 0 bridgehead atoms. The van der Waals surface area contributed by atoms with Crippen LogP contribution in [0.25, 0.3) is 0 Å². The lowest BCUT2D eigenvalue weighted by Gasteiger charge is -2.18. The summed E-state index contributed by atoms with van der Waals surface area (Å²) in [5.41, 5.74) is 0.479. The Morgan fingerprint density at radius 3 is 2.19 bits per heavy atom. The minimum absolute atomic E-state index is 0.0657. The molecule has 7 heteroatoms. The summed E-state index contributed by atoms with van der Waals surface area (Å²) in [5, 5.41) is 13.9.